The van der Waals surface area contributed by atoms with Gasteiger partial charge in [-0.25, -0.2) is 0 Å². The van der Waals surface area contributed by atoms with E-state index in [4.69, 9.17) is 0 Å². The van der Waals surface area contributed by atoms with Crippen molar-refractivity contribution in [3.05, 3.63) is 29.8 Å². The zero-order valence-electron chi connectivity index (χ0n) is 9.73. The first-order valence-electron chi connectivity index (χ1n) is 5.27. The van der Waals surface area contributed by atoms with Crippen molar-refractivity contribution in [3.8, 4) is 0 Å². The summed E-state index contributed by atoms with van der Waals surface area (Å²) in [6.45, 7) is 3.78. The molecule has 0 saturated carbocycles. The monoisotopic (exact) mass is 247 g/mol. The molecule has 0 aliphatic carbocycles. The van der Waals surface area contributed by atoms with Crippen LogP contribution in [0.3, 0.4) is 0 Å². The second-order valence-corrected chi connectivity index (χ2v) is 4.77. The summed E-state index contributed by atoms with van der Waals surface area (Å²) in [4.78, 5) is 18.9. The van der Waals surface area contributed by atoms with Gasteiger partial charge in [-0.15, -0.1) is 0 Å². The standard InChI is InChI=1S/C12H13N3OS/c1-8-3-5-10(6-4-8)14-12-15-11(17-12)13-7-9(2)16/h3-6H,7H2,1-2H3,(H,13,14,15). The normalized spacial score (nSPS) is 16.4. The van der Waals surface area contributed by atoms with Gasteiger partial charge < -0.3 is 5.32 Å². The number of ketones is 1. The number of aryl methyl sites for hydroxylation is 1. The molecular formula is C12H13N3OS. The van der Waals surface area contributed by atoms with Gasteiger partial charge in [0.05, 0.1) is 0 Å². The second-order valence-electron chi connectivity index (χ2n) is 3.81. The predicted molar refractivity (Wildman–Crippen MR) is 72.8 cm³/mol. The summed E-state index contributed by atoms with van der Waals surface area (Å²) in [6, 6.07) is 8.08. The van der Waals surface area contributed by atoms with Crippen molar-refractivity contribution in [1.82, 2.24) is 0 Å². The van der Waals surface area contributed by atoms with Crippen molar-refractivity contribution >= 4 is 33.6 Å². The first-order chi connectivity index (χ1) is 8.13. The van der Waals surface area contributed by atoms with E-state index in [1.54, 1.807) is 0 Å². The molecule has 1 aliphatic heterocycles. The van der Waals surface area contributed by atoms with Crippen LogP contribution in [0.25, 0.3) is 0 Å². The zero-order valence-corrected chi connectivity index (χ0v) is 10.5. The summed E-state index contributed by atoms with van der Waals surface area (Å²) in [5.74, 6) is 0.0493. The lowest BCUT2D eigenvalue weighted by atomic mass is 10.2. The Balaban J connectivity index is 1.91. The average Bonchev–Trinajstić information content (AvgIpc) is 2.23. The number of hydrogen-bond donors (Lipinski definition) is 1. The lowest BCUT2D eigenvalue weighted by molar-refractivity contribution is -0.115. The summed E-state index contributed by atoms with van der Waals surface area (Å²) >= 11 is 1.45. The highest BCUT2D eigenvalue weighted by atomic mass is 32.2. The molecule has 0 unspecified atom stereocenters. The molecule has 0 radical (unpaired) electrons. The number of anilines is 1. The molecule has 0 bridgehead atoms. The molecule has 0 fully saturated rings. The molecule has 0 atom stereocenters. The van der Waals surface area contributed by atoms with Crippen molar-refractivity contribution in [2.24, 2.45) is 9.98 Å². The quantitative estimate of drug-likeness (QED) is 0.892. The molecule has 0 spiro atoms. The van der Waals surface area contributed by atoms with E-state index in [1.807, 2.05) is 31.2 Å². The number of carbonyl (C=O) groups excluding carboxylic acids is 1. The van der Waals surface area contributed by atoms with E-state index in [9.17, 15) is 4.79 Å². The first kappa shape index (κ1) is 11.9. The maximum absolute atomic E-state index is 10.7. The van der Waals surface area contributed by atoms with Crippen molar-refractivity contribution in [2.75, 3.05) is 11.9 Å². The van der Waals surface area contributed by atoms with E-state index < -0.39 is 0 Å². The van der Waals surface area contributed by atoms with Gasteiger partial charge in [0.2, 0.25) is 0 Å². The Kier molecular flexibility index (Phi) is 3.58. The highest BCUT2D eigenvalue weighted by Gasteiger charge is 2.17. The Morgan fingerprint density at radius 2 is 2.06 bits per heavy atom. The minimum absolute atomic E-state index is 0.0493. The third-order valence-electron chi connectivity index (χ3n) is 2.12. The zero-order chi connectivity index (χ0) is 12.3. The van der Waals surface area contributed by atoms with Gasteiger partial charge in [0, 0.05) is 5.69 Å². The first-order valence-corrected chi connectivity index (χ1v) is 6.09. The molecule has 1 N–H and O–H groups in total. The van der Waals surface area contributed by atoms with Crippen LogP contribution in [0.15, 0.2) is 34.3 Å². The number of nitrogens with one attached hydrogen (secondary N) is 1. The number of rotatable bonds is 3. The smallest absolute Gasteiger partial charge is 0.193 e. The van der Waals surface area contributed by atoms with Crippen LogP contribution in [0.1, 0.15) is 12.5 Å². The van der Waals surface area contributed by atoms with Crippen molar-refractivity contribution in [2.45, 2.75) is 13.8 Å². The number of nitrogens with zero attached hydrogens (tertiary/aromatic N) is 2. The number of amidine groups is 2. The predicted octanol–water partition coefficient (Wildman–Crippen LogP) is 2.45. The number of thioether (sulfide) groups is 1. The van der Waals surface area contributed by atoms with Crippen LogP contribution in [-0.2, 0) is 4.79 Å². The Morgan fingerprint density at radius 1 is 1.41 bits per heavy atom. The number of benzene rings is 1. The maximum Gasteiger partial charge on any atom is 0.193 e. The third kappa shape index (κ3) is 3.42. The Hall–Kier alpha value is -1.62. The number of Topliss-reactive ketones (excluding diaryl/α,β-unsaturated/α-hetero) is 1. The summed E-state index contributed by atoms with van der Waals surface area (Å²) in [5.41, 5.74) is 2.23. The van der Waals surface area contributed by atoms with E-state index in [0.29, 0.717) is 5.17 Å². The lowest BCUT2D eigenvalue weighted by Gasteiger charge is -2.16. The molecule has 17 heavy (non-hydrogen) atoms. The van der Waals surface area contributed by atoms with Gasteiger partial charge in [-0.2, -0.15) is 4.99 Å². The molecule has 1 heterocycles. The molecular weight excluding hydrogens is 234 g/mol. The fourth-order valence-corrected chi connectivity index (χ4v) is 1.85. The molecule has 1 aliphatic rings. The average molecular weight is 247 g/mol. The fraction of sp³-hybridized carbons (Fsp3) is 0.250. The molecule has 5 heteroatoms. The molecule has 2 rings (SSSR count). The number of hydrogen-bond acceptors (Lipinski definition) is 4. The van der Waals surface area contributed by atoms with Crippen LogP contribution in [0.2, 0.25) is 0 Å². The number of aliphatic imine (C=N–C) groups is 2. The molecule has 0 saturated heterocycles. The van der Waals surface area contributed by atoms with Crippen molar-refractivity contribution in [3.63, 3.8) is 0 Å². The van der Waals surface area contributed by atoms with Crippen molar-refractivity contribution < 1.29 is 4.79 Å². The van der Waals surface area contributed by atoms with Gasteiger partial charge in [-0.05, 0) is 37.7 Å². The van der Waals surface area contributed by atoms with Gasteiger partial charge in [-0.1, -0.05) is 17.7 Å². The fourth-order valence-electron chi connectivity index (χ4n) is 1.24. The summed E-state index contributed by atoms with van der Waals surface area (Å²) in [5, 5.41) is 4.65. The van der Waals surface area contributed by atoms with Crippen LogP contribution in [0.5, 0.6) is 0 Å². The highest BCUT2D eigenvalue weighted by molar-refractivity contribution is 8.29. The molecule has 1 aromatic rings. The van der Waals surface area contributed by atoms with Gasteiger partial charge in [0.15, 0.2) is 16.1 Å². The summed E-state index contributed by atoms with van der Waals surface area (Å²) in [6.07, 6.45) is 0. The van der Waals surface area contributed by atoms with Crippen LogP contribution in [-0.4, -0.2) is 22.7 Å². The van der Waals surface area contributed by atoms with E-state index in [0.717, 1.165) is 10.9 Å². The third-order valence-corrected chi connectivity index (χ3v) is 2.91. The topological polar surface area (TPSA) is 53.8 Å². The van der Waals surface area contributed by atoms with Crippen LogP contribution >= 0.6 is 11.8 Å². The minimum atomic E-state index is 0.0493. The Labute approximate surface area is 104 Å². The van der Waals surface area contributed by atoms with E-state index in [-0.39, 0.29) is 12.3 Å². The second kappa shape index (κ2) is 5.14. The van der Waals surface area contributed by atoms with E-state index in [2.05, 4.69) is 15.3 Å². The summed E-state index contributed by atoms with van der Waals surface area (Å²) in [7, 11) is 0. The van der Waals surface area contributed by atoms with Crippen LogP contribution in [0.4, 0.5) is 5.69 Å². The minimum Gasteiger partial charge on any atom is -0.334 e. The molecule has 4 nitrogen and oxygen atoms in total. The molecule has 0 amide bonds. The SMILES string of the molecule is CC(=O)CN=C1N=C(Nc2ccc(C)cc2)S1. The van der Waals surface area contributed by atoms with Gasteiger partial charge in [0.25, 0.3) is 0 Å². The molecule has 0 aromatic heterocycles. The molecule has 1 aromatic carbocycles. The van der Waals surface area contributed by atoms with Gasteiger partial charge >= 0.3 is 0 Å². The summed E-state index contributed by atoms with van der Waals surface area (Å²) < 4.78 is 0. The molecule has 88 valence electrons. The van der Waals surface area contributed by atoms with E-state index >= 15 is 0 Å². The van der Waals surface area contributed by atoms with Gasteiger partial charge in [-0.3, -0.25) is 9.79 Å². The Morgan fingerprint density at radius 3 is 2.65 bits per heavy atom. The van der Waals surface area contributed by atoms with Crippen LogP contribution < -0.4 is 5.32 Å². The van der Waals surface area contributed by atoms with E-state index in [1.165, 1.54) is 24.2 Å². The van der Waals surface area contributed by atoms with Crippen molar-refractivity contribution in [1.29, 1.82) is 0 Å². The Bertz CT molecular complexity index is 491. The largest absolute Gasteiger partial charge is 0.334 e. The highest BCUT2D eigenvalue weighted by Crippen LogP contribution is 2.22. The number of carbonyl (C=O) groups is 1. The van der Waals surface area contributed by atoms with Gasteiger partial charge in [0.1, 0.15) is 6.54 Å². The lowest BCUT2D eigenvalue weighted by Crippen LogP contribution is -2.20. The van der Waals surface area contributed by atoms with Crippen LogP contribution in [0, 0.1) is 6.92 Å². The maximum atomic E-state index is 10.7.